The van der Waals surface area contributed by atoms with Crippen LogP contribution in [0.5, 0.6) is 0 Å². The summed E-state index contributed by atoms with van der Waals surface area (Å²) in [5.74, 6) is 0. The van der Waals surface area contributed by atoms with E-state index in [9.17, 15) is 0 Å². The molecule has 2 saturated heterocycles. The third-order valence-corrected chi connectivity index (χ3v) is 4.18. The zero-order valence-electron chi connectivity index (χ0n) is 9.97. The maximum atomic E-state index is 5.80. The molecule has 90 valence electrons. The molecule has 1 unspecified atom stereocenters. The van der Waals surface area contributed by atoms with Crippen molar-refractivity contribution in [3.63, 3.8) is 0 Å². The molecule has 1 atom stereocenters. The fourth-order valence-corrected chi connectivity index (χ4v) is 3.58. The zero-order chi connectivity index (χ0) is 12.0. The van der Waals surface area contributed by atoms with Gasteiger partial charge in [0.05, 0.1) is 6.04 Å². The van der Waals surface area contributed by atoms with Crippen LogP contribution in [0.1, 0.15) is 11.6 Å². The second kappa shape index (κ2) is 3.68. The van der Waals surface area contributed by atoms with Gasteiger partial charge in [0.15, 0.2) is 5.11 Å². The molecule has 0 aliphatic carbocycles. The van der Waals surface area contributed by atoms with E-state index in [1.807, 2.05) is 6.07 Å². The summed E-state index contributed by atoms with van der Waals surface area (Å²) in [4.78, 5) is 4.50. The smallest absolute Gasteiger partial charge is 0.166 e. The molecule has 3 rings (SSSR count). The first-order valence-electron chi connectivity index (χ1n) is 5.92. The number of benzene rings is 1. The lowest BCUT2D eigenvalue weighted by Gasteiger charge is -2.65. The molecule has 4 heteroatoms. The molecule has 0 radical (unpaired) electrons. The number of nitrogens with zero attached hydrogens (tertiary/aromatic N) is 2. The maximum Gasteiger partial charge on any atom is 0.166 e. The van der Waals surface area contributed by atoms with Gasteiger partial charge in [-0.05, 0) is 24.8 Å². The minimum Gasteiger partial charge on any atom is -0.376 e. The zero-order valence-corrected chi connectivity index (χ0v) is 10.8. The first-order chi connectivity index (χ1) is 8.12. The van der Waals surface area contributed by atoms with Crippen LogP contribution in [0.4, 0.5) is 0 Å². The van der Waals surface area contributed by atoms with Crippen molar-refractivity contribution < 1.29 is 0 Å². The predicted molar refractivity (Wildman–Crippen MR) is 72.6 cm³/mol. The van der Waals surface area contributed by atoms with Crippen LogP contribution >= 0.6 is 12.2 Å². The van der Waals surface area contributed by atoms with Crippen molar-refractivity contribution in [1.82, 2.24) is 9.80 Å². The van der Waals surface area contributed by atoms with E-state index in [-0.39, 0.29) is 0 Å². The minimum atomic E-state index is 0.373. The summed E-state index contributed by atoms with van der Waals surface area (Å²) in [5, 5.41) is 0.527. The van der Waals surface area contributed by atoms with Gasteiger partial charge in [-0.15, -0.1) is 0 Å². The first-order valence-corrected chi connectivity index (χ1v) is 6.33. The van der Waals surface area contributed by atoms with Gasteiger partial charge in [-0.1, -0.05) is 30.3 Å². The topological polar surface area (TPSA) is 32.5 Å². The molecule has 2 fully saturated rings. The van der Waals surface area contributed by atoms with Crippen molar-refractivity contribution >= 4 is 17.3 Å². The summed E-state index contributed by atoms with van der Waals surface area (Å²) >= 11 is 5.14. The standard InChI is InChI=1S/C13H17N3S/c1-15-7-13(8-15)9-16(12(14)17)11(13)10-5-3-2-4-6-10/h2-6,11H,7-9H2,1H3,(H2,14,17). The molecular weight excluding hydrogens is 230 g/mol. The van der Waals surface area contributed by atoms with Crippen molar-refractivity contribution in [2.75, 3.05) is 26.7 Å². The van der Waals surface area contributed by atoms with Gasteiger partial charge in [0.25, 0.3) is 0 Å². The third-order valence-electron chi connectivity index (χ3n) is 3.94. The highest BCUT2D eigenvalue weighted by Crippen LogP contribution is 2.53. The molecule has 1 spiro atoms. The average Bonchev–Trinajstić information content (AvgIpc) is 2.23. The quantitative estimate of drug-likeness (QED) is 0.756. The third kappa shape index (κ3) is 1.55. The number of likely N-dealkylation sites (tertiary alicyclic amines) is 2. The predicted octanol–water partition coefficient (Wildman–Crippen LogP) is 1.22. The van der Waals surface area contributed by atoms with Crippen LogP contribution in [0.25, 0.3) is 0 Å². The molecule has 2 heterocycles. The summed E-state index contributed by atoms with van der Waals surface area (Å²) in [6.07, 6.45) is 0. The maximum absolute atomic E-state index is 5.80. The molecule has 3 nitrogen and oxygen atoms in total. The Labute approximate surface area is 107 Å². The highest BCUT2D eigenvalue weighted by Gasteiger charge is 2.59. The molecule has 2 aliphatic heterocycles. The van der Waals surface area contributed by atoms with Gasteiger partial charge in [0, 0.05) is 25.0 Å². The lowest BCUT2D eigenvalue weighted by molar-refractivity contribution is -0.128. The molecule has 0 bridgehead atoms. The van der Waals surface area contributed by atoms with E-state index in [1.54, 1.807) is 0 Å². The number of rotatable bonds is 1. The van der Waals surface area contributed by atoms with Crippen LogP contribution in [0.3, 0.4) is 0 Å². The van der Waals surface area contributed by atoms with Crippen LogP contribution in [-0.4, -0.2) is 41.6 Å². The molecule has 0 saturated carbocycles. The van der Waals surface area contributed by atoms with Gasteiger partial charge in [-0.3, -0.25) is 0 Å². The number of thiocarbonyl (C=S) groups is 1. The Kier molecular flexibility index (Phi) is 2.38. The van der Waals surface area contributed by atoms with Crippen molar-refractivity contribution in [3.8, 4) is 0 Å². The van der Waals surface area contributed by atoms with Crippen LogP contribution < -0.4 is 5.73 Å². The Bertz CT molecular complexity index is 439. The number of hydrogen-bond donors (Lipinski definition) is 1. The molecule has 0 aromatic heterocycles. The van der Waals surface area contributed by atoms with E-state index >= 15 is 0 Å². The monoisotopic (exact) mass is 247 g/mol. The Hall–Kier alpha value is -1.13. The number of hydrogen-bond acceptors (Lipinski definition) is 2. The second-order valence-corrected chi connectivity index (χ2v) is 5.73. The molecule has 17 heavy (non-hydrogen) atoms. The van der Waals surface area contributed by atoms with Crippen LogP contribution in [0.2, 0.25) is 0 Å². The molecule has 2 aliphatic rings. The van der Waals surface area contributed by atoms with E-state index in [4.69, 9.17) is 18.0 Å². The summed E-state index contributed by atoms with van der Waals surface area (Å²) < 4.78 is 0. The highest BCUT2D eigenvalue weighted by molar-refractivity contribution is 7.80. The molecule has 0 amide bonds. The van der Waals surface area contributed by atoms with Gasteiger partial charge in [0.2, 0.25) is 0 Å². The normalized spacial score (nSPS) is 26.4. The molecule has 2 N–H and O–H groups in total. The van der Waals surface area contributed by atoms with E-state index < -0.39 is 0 Å². The summed E-state index contributed by atoms with van der Waals surface area (Å²) in [5.41, 5.74) is 7.51. The average molecular weight is 247 g/mol. The fourth-order valence-electron chi connectivity index (χ4n) is 3.41. The first kappa shape index (κ1) is 11.0. The lowest BCUT2D eigenvalue weighted by atomic mass is 9.64. The highest BCUT2D eigenvalue weighted by atomic mass is 32.1. The van der Waals surface area contributed by atoms with Gasteiger partial charge >= 0.3 is 0 Å². The van der Waals surface area contributed by atoms with Crippen LogP contribution in [0.15, 0.2) is 30.3 Å². The van der Waals surface area contributed by atoms with E-state index in [2.05, 4.69) is 41.1 Å². The Morgan fingerprint density at radius 3 is 2.47 bits per heavy atom. The van der Waals surface area contributed by atoms with E-state index in [1.165, 1.54) is 5.56 Å². The van der Waals surface area contributed by atoms with Gasteiger partial charge in [-0.2, -0.15) is 0 Å². The Morgan fingerprint density at radius 1 is 1.29 bits per heavy atom. The summed E-state index contributed by atoms with van der Waals surface area (Å²) in [7, 11) is 2.16. The lowest BCUT2D eigenvalue weighted by Crippen LogP contribution is -2.73. The fraction of sp³-hybridized carbons (Fsp3) is 0.462. The largest absolute Gasteiger partial charge is 0.376 e. The summed E-state index contributed by atoms with van der Waals surface area (Å²) in [6.45, 7) is 3.30. The van der Waals surface area contributed by atoms with Crippen molar-refractivity contribution in [3.05, 3.63) is 35.9 Å². The molecular formula is C13H17N3S. The van der Waals surface area contributed by atoms with Crippen molar-refractivity contribution in [2.45, 2.75) is 6.04 Å². The van der Waals surface area contributed by atoms with E-state index in [0.29, 0.717) is 16.6 Å². The Morgan fingerprint density at radius 2 is 1.94 bits per heavy atom. The van der Waals surface area contributed by atoms with E-state index in [0.717, 1.165) is 19.6 Å². The SMILES string of the molecule is CN1CC2(C1)CN(C(N)=S)C2c1ccccc1. The van der Waals surface area contributed by atoms with Gasteiger partial charge in [0.1, 0.15) is 0 Å². The van der Waals surface area contributed by atoms with Crippen molar-refractivity contribution in [1.29, 1.82) is 0 Å². The van der Waals surface area contributed by atoms with Gasteiger partial charge < -0.3 is 15.5 Å². The second-order valence-electron chi connectivity index (χ2n) is 5.31. The van der Waals surface area contributed by atoms with Crippen LogP contribution in [0, 0.1) is 5.41 Å². The molecule has 1 aromatic rings. The summed E-state index contributed by atoms with van der Waals surface area (Å²) in [6, 6.07) is 10.9. The van der Waals surface area contributed by atoms with Gasteiger partial charge in [-0.25, -0.2) is 0 Å². The molecule has 1 aromatic carbocycles. The van der Waals surface area contributed by atoms with Crippen LogP contribution in [-0.2, 0) is 0 Å². The van der Waals surface area contributed by atoms with Crippen molar-refractivity contribution in [2.24, 2.45) is 11.1 Å². The Balaban J connectivity index is 1.89. The minimum absolute atomic E-state index is 0.373. The number of nitrogens with two attached hydrogens (primary N) is 1.